The Morgan fingerprint density at radius 3 is 2.76 bits per heavy atom. The molecule has 5 heteroatoms. The molecule has 0 saturated carbocycles. The zero-order valence-corrected chi connectivity index (χ0v) is 12.1. The highest BCUT2D eigenvalue weighted by atomic mass is 19.1. The first-order valence-corrected chi connectivity index (χ1v) is 6.98. The molecule has 2 rings (SSSR count). The van der Waals surface area contributed by atoms with Crippen LogP contribution in [0.2, 0.25) is 0 Å². The molecule has 1 aromatic carbocycles. The molecular formula is C16H20FNO3. The molecule has 1 N–H and O–H groups in total. The molecular weight excluding hydrogens is 273 g/mol. The fraction of sp³-hybridized carbons (Fsp3) is 0.438. The van der Waals surface area contributed by atoms with Crippen LogP contribution in [0.15, 0.2) is 30.3 Å². The van der Waals surface area contributed by atoms with E-state index in [2.05, 4.69) is 0 Å². The van der Waals surface area contributed by atoms with Crippen molar-refractivity contribution in [3.05, 3.63) is 41.7 Å². The van der Waals surface area contributed by atoms with Gasteiger partial charge in [0, 0.05) is 51.3 Å². The third-order valence-electron chi connectivity index (χ3n) is 3.64. The molecule has 1 saturated heterocycles. The summed E-state index contributed by atoms with van der Waals surface area (Å²) in [6, 6.07) is 6.26. The first-order chi connectivity index (χ1) is 10.0. The molecule has 0 atom stereocenters. The van der Waals surface area contributed by atoms with Gasteiger partial charge in [0.15, 0.2) is 0 Å². The van der Waals surface area contributed by atoms with Gasteiger partial charge in [0.1, 0.15) is 5.82 Å². The Bertz CT molecular complexity index is 524. The number of ether oxygens (including phenoxy) is 1. The molecule has 0 spiro atoms. The van der Waals surface area contributed by atoms with Crippen LogP contribution in [0, 0.1) is 5.82 Å². The number of amides is 1. The van der Waals surface area contributed by atoms with Gasteiger partial charge in [-0.25, -0.2) is 4.39 Å². The summed E-state index contributed by atoms with van der Waals surface area (Å²) in [4.78, 5) is 13.5. The normalized spacial score (nSPS) is 17.9. The molecule has 1 fully saturated rings. The minimum atomic E-state index is -0.894. The molecule has 0 bridgehead atoms. The van der Waals surface area contributed by atoms with Crippen molar-refractivity contribution < 1.29 is 19.0 Å². The number of hydrogen-bond acceptors (Lipinski definition) is 3. The number of hydrogen-bond donors (Lipinski definition) is 1. The fourth-order valence-electron chi connectivity index (χ4n) is 2.33. The largest absolute Gasteiger partial charge is 0.388 e. The third kappa shape index (κ3) is 4.37. The predicted octanol–water partition coefficient (Wildman–Crippen LogP) is 1.84. The van der Waals surface area contributed by atoms with Gasteiger partial charge in [-0.05, 0) is 12.1 Å². The van der Waals surface area contributed by atoms with E-state index in [0.717, 1.165) is 0 Å². The smallest absolute Gasteiger partial charge is 0.246 e. The number of nitrogens with zero attached hydrogens (tertiary/aromatic N) is 1. The SMILES string of the molecule is CN(CC1(O)CCOCC1)C(=O)/C=C/c1ccccc1F. The molecule has 0 radical (unpaired) electrons. The molecule has 1 aliphatic heterocycles. The van der Waals surface area contributed by atoms with E-state index < -0.39 is 5.60 Å². The number of carbonyl (C=O) groups is 1. The van der Waals surface area contributed by atoms with Crippen LogP contribution in [0.25, 0.3) is 6.08 Å². The summed E-state index contributed by atoms with van der Waals surface area (Å²) in [5, 5.41) is 10.4. The van der Waals surface area contributed by atoms with Crippen LogP contribution in [0.5, 0.6) is 0 Å². The van der Waals surface area contributed by atoms with E-state index in [-0.39, 0.29) is 18.3 Å². The molecule has 1 aliphatic rings. The van der Waals surface area contributed by atoms with Crippen LogP contribution in [-0.4, -0.2) is 48.3 Å². The summed E-state index contributed by atoms with van der Waals surface area (Å²) in [5.41, 5.74) is -0.530. The van der Waals surface area contributed by atoms with Crippen molar-refractivity contribution in [2.75, 3.05) is 26.8 Å². The Hall–Kier alpha value is -1.72. The summed E-state index contributed by atoms with van der Waals surface area (Å²) in [7, 11) is 1.63. The number of aliphatic hydroxyl groups is 1. The Labute approximate surface area is 123 Å². The van der Waals surface area contributed by atoms with Gasteiger partial charge in [-0.1, -0.05) is 18.2 Å². The Morgan fingerprint density at radius 1 is 1.43 bits per heavy atom. The van der Waals surface area contributed by atoms with E-state index in [9.17, 15) is 14.3 Å². The number of carbonyl (C=O) groups excluding carboxylic acids is 1. The van der Waals surface area contributed by atoms with Gasteiger partial charge in [0.25, 0.3) is 0 Å². The number of halogens is 1. The lowest BCUT2D eigenvalue weighted by Crippen LogP contribution is -2.47. The maximum Gasteiger partial charge on any atom is 0.246 e. The Kier molecular flexibility index (Phi) is 5.09. The fourth-order valence-corrected chi connectivity index (χ4v) is 2.33. The molecule has 1 heterocycles. The zero-order chi connectivity index (χ0) is 15.3. The van der Waals surface area contributed by atoms with E-state index in [1.54, 1.807) is 25.2 Å². The summed E-state index contributed by atoms with van der Waals surface area (Å²) in [6.45, 7) is 1.25. The molecule has 4 nitrogen and oxygen atoms in total. The molecule has 21 heavy (non-hydrogen) atoms. The van der Waals surface area contributed by atoms with Gasteiger partial charge in [-0.3, -0.25) is 4.79 Å². The van der Waals surface area contributed by atoms with Crippen molar-refractivity contribution in [3.8, 4) is 0 Å². The van der Waals surface area contributed by atoms with Crippen LogP contribution in [0.4, 0.5) is 4.39 Å². The third-order valence-corrected chi connectivity index (χ3v) is 3.64. The highest BCUT2D eigenvalue weighted by Crippen LogP contribution is 2.21. The minimum Gasteiger partial charge on any atom is -0.388 e. The van der Waals surface area contributed by atoms with Gasteiger partial charge in [0.2, 0.25) is 5.91 Å². The second-order valence-corrected chi connectivity index (χ2v) is 5.39. The van der Waals surface area contributed by atoms with Crippen LogP contribution >= 0.6 is 0 Å². The molecule has 0 unspecified atom stereocenters. The van der Waals surface area contributed by atoms with E-state index in [1.165, 1.54) is 23.1 Å². The van der Waals surface area contributed by atoms with Crippen molar-refractivity contribution in [2.24, 2.45) is 0 Å². The van der Waals surface area contributed by atoms with Gasteiger partial charge in [-0.15, -0.1) is 0 Å². The van der Waals surface area contributed by atoms with Crippen molar-refractivity contribution in [2.45, 2.75) is 18.4 Å². The first-order valence-electron chi connectivity index (χ1n) is 6.98. The molecule has 1 aromatic rings. The highest BCUT2D eigenvalue weighted by molar-refractivity contribution is 5.91. The van der Waals surface area contributed by atoms with Crippen molar-refractivity contribution in [3.63, 3.8) is 0 Å². The second kappa shape index (κ2) is 6.83. The van der Waals surface area contributed by atoms with Gasteiger partial charge in [-0.2, -0.15) is 0 Å². The molecule has 1 amide bonds. The maximum atomic E-state index is 13.4. The van der Waals surface area contributed by atoms with Crippen LogP contribution in [0.3, 0.4) is 0 Å². The number of rotatable bonds is 4. The summed E-state index contributed by atoms with van der Waals surface area (Å²) >= 11 is 0. The molecule has 0 aromatic heterocycles. The van der Waals surface area contributed by atoms with Crippen LogP contribution < -0.4 is 0 Å². The average Bonchev–Trinajstić information content (AvgIpc) is 2.46. The highest BCUT2D eigenvalue weighted by Gasteiger charge is 2.31. The van der Waals surface area contributed by atoms with E-state index in [4.69, 9.17) is 4.74 Å². The predicted molar refractivity (Wildman–Crippen MR) is 78.1 cm³/mol. The van der Waals surface area contributed by atoms with Crippen molar-refractivity contribution >= 4 is 12.0 Å². The zero-order valence-electron chi connectivity index (χ0n) is 12.1. The average molecular weight is 293 g/mol. The van der Waals surface area contributed by atoms with Crippen molar-refractivity contribution in [1.29, 1.82) is 0 Å². The molecule has 0 aliphatic carbocycles. The summed E-state index contributed by atoms with van der Waals surface area (Å²) in [5.74, 6) is -0.634. The summed E-state index contributed by atoms with van der Waals surface area (Å²) < 4.78 is 18.7. The standard InChI is InChI=1S/C16H20FNO3/c1-18(12-16(20)8-10-21-11-9-16)15(19)7-6-13-4-2-3-5-14(13)17/h2-7,20H,8-12H2,1H3/b7-6+. The van der Waals surface area contributed by atoms with Crippen LogP contribution in [-0.2, 0) is 9.53 Å². The lowest BCUT2D eigenvalue weighted by Gasteiger charge is -2.35. The quantitative estimate of drug-likeness (QED) is 0.862. The second-order valence-electron chi connectivity index (χ2n) is 5.39. The lowest BCUT2D eigenvalue weighted by atomic mass is 9.94. The lowest BCUT2D eigenvalue weighted by molar-refractivity contribution is -0.131. The van der Waals surface area contributed by atoms with Gasteiger partial charge in [0.05, 0.1) is 5.60 Å². The minimum absolute atomic E-state index is 0.247. The monoisotopic (exact) mass is 293 g/mol. The summed E-state index contributed by atoms with van der Waals surface area (Å²) in [6.07, 6.45) is 3.80. The van der Waals surface area contributed by atoms with E-state index in [1.807, 2.05) is 0 Å². The van der Waals surface area contributed by atoms with Gasteiger partial charge >= 0.3 is 0 Å². The first kappa shape index (κ1) is 15.7. The van der Waals surface area contributed by atoms with Gasteiger partial charge < -0.3 is 14.7 Å². The number of likely N-dealkylation sites (N-methyl/N-ethyl adjacent to an activating group) is 1. The topological polar surface area (TPSA) is 49.8 Å². The Balaban J connectivity index is 1.95. The number of benzene rings is 1. The van der Waals surface area contributed by atoms with Crippen LogP contribution in [0.1, 0.15) is 18.4 Å². The van der Waals surface area contributed by atoms with Crippen molar-refractivity contribution in [1.82, 2.24) is 4.90 Å². The molecule has 114 valence electrons. The maximum absolute atomic E-state index is 13.4. The van der Waals surface area contributed by atoms with E-state index >= 15 is 0 Å². The Morgan fingerprint density at radius 2 is 2.10 bits per heavy atom. The van der Waals surface area contributed by atoms with E-state index in [0.29, 0.717) is 31.6 Å².